The van der Waals surface area contributed by atoms with Gasteiger partial charge in [0.25, 0.3) is 0 Å². The maximum absolute atomic E-state index is 8.52. The molecule has 54 valence electrons. The van der Waals surface area contributed by atoms with E-state index >= 15 is 0 Å². The van der Waals surface area contributed by atoms with Crippen molar-refractivity contribution in [3.8, 4) is 0 Å². The third kappa shape index (κ3) is 1.93. The lowest BCUT2D eigenvalue weighted by Gasteiger charge is -2.08. The lowest BCUT2D eigenvalue weighted by atomic mass is 10.4. The predicted molar refractivity (Wildman–Crippen MR) is 34.1 cm³/mol. The molecule has 1 atom stereocenters. The fourth-order valence-electron chi connectivity index (χ4n) is 0.999. The molecule has 1 saturated heterocycles. The highest BCUT2D eigenvalue weighted by molar-refractivity contribution is 4.64. The lowest BCUT2D eigenvalue weighted by molar-refractivity contribution is 0.0926. The molecule has 0 bridgehead atoms. The van der Waals surface area contributed by atoms with Crippen molar-refractivity contribution in [1.82, 2.24) is 4.90 Å². The summed E-state index contributed by atoms with van der Waals surface area (Å²) in [6.45, 7) is 4.65. The summed E-state index contributed by atoms with van der Waals surface area (Å²) in [6, 6.07) is 0. The SMILES string of the molecule is CC1CN(CCO)CO1. The normalized spacial score (nSPS) is 29.3. The summed E-state index contributed by atoms with van der Waals surface area (Å²) in [5.41, 5.74) is 0. The first kappa shape index (κ1) is 6.99. The highest BCUT2D eigenvalue weighted by atomic mass is 16.5. The van der Waals surface area contributed by atoms with Gasteiger partial charge >= 0.3 is 0 Å². The van der Waals surface area contributed by atoms with Crippen LogP contribution in [0.5, 0.6) is 0 Å². The zero-order chi connectivity index (χ0) is 6.69. The second kappa shape index (κ2) is 3.15. The molecule has 0 radical (unpaired) electrons. The summed E-state index contributed by atoms with van der Waals surface area (Å²) in [5, 5.41) is 8.52. The summed E-state index contributed by atoms with van der Waals surface area (Å²) < 4.78 is 5.23. The maximum Gasteiger partial charge on any atom is 0.0996 e. The molecule has 0 aromatic heterocycles. The molecule has 3 nitrogen and oxygen atoms in total. The molecule has 1 heterocycles. The molecule has 1 unspecified atom stereocenters. The summed E-state index contributed by atoms with van der Waals surface area (Å²) >= 11 is 0. The minimum atomic E-state index is 0.232. The van der Waals surface area contributed by atoms with Gasteiger partial charge in [0.1, 0.15) is 0 Å². The fraction of sp³-hybridized carbons (Fsp3) is 1.00. The van der Waals surface area contributed by atoms with E-state index in [0.29, 0.717) is 12.8 Å². The second-order valence-electron chi connectivity index (χ2n) is 2.41. The summed E-state index contributed by atoms with van der Waals surface area (Å²) in [7, 11) is 0. The number of hydrogen-bond acceptors (Lipinski definition) is 3. The Morgan fingerprint density at radius 3 is 3.00 bits per heavy atom. The van der Waals surface area contributed by atoms with Crippen LogP contribution in [0.15, 0.2) is 0 Å². The van der Waals surface area contributed by atoms with Gasteiger partial charge in [-0.05, 0) is 6.92 Å². The quantitative estimate of drug-likeness (QED) is 0.556. The average molecular weight is 131 g/mol. The average Bonchev–Trinajstić information content (AvgIpc) is 2.17. The van der Waals surface area contributed by atoms with Crippen LogP contribution in [-0.4, -0.2) is 42.5 Å². The van der Waals surface area contributed by atoms with Crippen LogP contribution in [0.1, 0.15) is 6.92 Å². The van der Waals surface area contributed by atoms with Gasteiger partial charge in [-0.15, -0.1) is 0 Å². The molecule has 1 aliphatic rings. The van der Waals surface area contributed by atoms with Crippen molar-refractivity contribution in [3.05, 3.63) is 0 Å². The molecular weight excluding hydrogens is 118 g/mol. The van der Waals surface area contributed by atoms with Crippen LogP contribution >= 0.6 is 0 Å². The summed E-state index contributed by atoms with van der Waals surface area (Å²) in [6.07, 6.45) is 0.344. The second-order valence-corrected chi connectivity index (χ2v) is 2.41. The molecule has 0 aromatic rings. The van der Waals surface area contributed by atoms with E-state index < -0.39 is 0 Å². The molecule has 0 aromatic carbocycles. The van der Waals surface area contributed by atoms with Crippen molar-refractivity contribution in [3.63, 3.8) is 0 Å². The molecule has 1 fully saturated rings. The number of nitrogens with zero attached hydrogens (tertiary/aromatic N) is 1. The van der Waals surface area contributed by atoms with Crippen LogP contribution in [0.25, 0.3) is 0 Å². The number of β-amino-alcohol motifs (C(OH)–C–C–N with tert-alkyl or cyclic N) is 1. The lowest BCUT2D eigenvalue weighted by Crippen LogP contribution is -2.24. The van der Waals surface area contributed by atoms with Crippen molar-refractivity contribution in [2.45, 2.75) is 13.0 Å². The van der Waals surface area contributed by atoms with Gasteiger partial charge in [0.2, 0.25) is 0 Å². The Labute approximate surface area is 55.2 Å². The zero-order valence-corrected chi connectivity index (χ0v) is 5.71. The minimum Gasteiger partial charge on any atom is -0.395 e. The van der Waals surface area contributed by atoms with Crippen molar-refractivity contribution in [1.29, 1.82) is 0 Å². The standard InChI is InChI=1S/C6H13NO2/c1-6-4-7(2-3-8)5-9-6/h6,8H,2-5H2,1H3. The zero-order valence-electron chi connectivity index (χ0n) is 5.71. The van der Waals surface area contributed by atoms with E-state index in [0.717, 1.165) is 13.1 Å². The monoisotopic (exact) mass is 131 g/mol. The topological polar surface area (TPSA) is 32.7 Å². The molecular formula is C6H13NO2. The number of aliphatic hydroxyl groups excluding tert-OH is 1. The Kier molecular flexibility index (Phi) is 2.45. The molecule has 1 N–H and O–H groups in total. The van der Waals surface area contributed by atoms with Gasteiger partial charge in [0.15, 0.2) is 0 Å². The summed E-state index contributed by atoms with van der Waals surface area (Å²) in [4.78, 5) is 2.09. The van der Waals surface area contributed by atoms with E-state index in [1.165, 1.54) is 0 Å². The highest BCUT2D eigenvalue weighted by Crippen LogP contribution is 2.04. The molecule has 0 spiro atoms. The third-order valence-electron chi connectivity index (χ3n) is 1.47. The Morgan fingerprint density at radius 2 is 2.56 bits per heavy atom. The van der Waals surface area contributed by atoms with E-state index in [1.54, 1.807) is 0 Å². The first-order valence-electron chi connectivity index (χ1n) is 3.27. The maximum atomic E-state index is 8.52. The molecule has 0 amide bonds. The predicted octanol–water partition coefficient (Wildman–Crippen LogP) is -0.343. The van der Waals surface area contributed by atoms with Crippen LogP contribution in [0.2, 0.25) is 0 Å². The Hall–Kier alpha value is -0.120. The van der Waals surface area contributed by atoms with Gasteiger partial charge in [-0.25, -0.2) is 0 Å². The number of ether oxygens (including phenoxy) is 1. The fourth-order valence-corrected chi connectivity index (χ4v) is 0.999. The molecule has 1 aliphatic heterocycles. The van der Waals surface area contributed by atoms with Gasteiger partial charge in [0.05, 0.1) is 19.4 Å². The Morgan fingerprint density at radius 1 is 1.78 bits per heavy atom. The van der Waals surface area contributed by atoms with Crippen molar-refractivity contribution >= 4 is 0 Å². The van der Waals surface area contributed by atoms with E-state index in [9.17, 15) is 0 Å². The number of aliphatic hydroxyl groups is 1. The van der Waals surface area contributed by atoms with E-state index in [4.69, 9.17) is 9.84 Å². The molecule has 3 heteroatoms. The van der Waals surface area contributed by atoms with Crippen molar-refractivity contribution < 1.29 is 9.84 Å². The minimum absolute atomic E-state index is 0.232. The highest BCUT2D eigenvalue weighted by Gasteiger charge is 2.17. The van der Waals surface area contributed by atoms with Crippen LogP contribution < -0.4 is 0 Å². The Balaban J connectivity index is 2.14. The van der Waals surface area contributed by atoms with Gasteiger partial charge in [-0.3, -0.25) is 4.90 Å². The van der Waals surface area contributed by atoms with E-state index in [-0.39, 0.29) is 6.61 Å². The van der Waals surface area contributed by atoms with Crippen LogP contribution in [0.4, 0.5) is 0 Å². The van der Waals surface area contributed by atoms with Crippen molar-refractivity contribution in [2.75, 3.05) is 26.4 Å². The molecule has 0 saturated carbocycles. The van der Waals surface area contributed by atoms with Gasteiger partial charge in [0, 0.05) is 13.1 Å². The summed E-state index contributed by atoms with van der Waals surface area (Å²) in [5.74, 6) is 0. The number of hydrogen-bond donors (Lipinski definition) is 1. The smallest absolute Gasteiger partial charge is 0.0996 e. The van der Waals surface area contributed by atoms with Crippen LogP contribution in [0, 0.1) is 0 Å². The van der Waals surface area contributed by atoms with Crippen LogP contribution in [0.3, 0.4) is 0 Å². The third-order valence-corrected chi connectivity index (χ3v) is 1.47. The van der Waals surface area contributed by atoms with Crippen molar-refractivity contribution in [2.24, 2.45) is 0 Å². The van der Waals surface area contributed by atoms with Gasteiger partial charge in [-0.2, -0.15) is 0 Å². The van der Waals surface area contributed by atoms with Gasteiger partial charge in [-0.1, -0.05) is 0 Å². The van der Waals surface area contributed by atoms with E-state index in [1.807, 2.05) is 6.92 Å². The first-order chi connectivity index (χ1) is 4.33. The molecule has 9 heavy (non-hydrogen) atoms. The van der Waals surface area contributed by atoms with Gasteiger partial charge < -0.3 is 9.84 Å². The molecule has 0 aliphatic carbocycles. The largest absolute Gasteiger partial charge is 0.395 e. The Bertz CT molecular complexity index is 85.1. The first-order valence-corrected chi connectivity index (χ1v) is 3.27. The molecule has 1 rings (SSSR count). The number of rotatable bonds is 2. The van der Waals surface area contributed by atoms with E-state index in [2.05, 4.69) is 4.90 Å². The van der Waals surface area contributed by atoms with Crippen LogP contribution in [-0.2, 0) is 4.74 Å².